The van der Waals surface area contributed by atoms with Crippen molar-refractivity contribution >= 4 is 26.1 Å². The van der Waals surface area contributed by atoms with Crippen LogP contribution in [0.5, 0.6) is 11.5 Å². The van der Waals surface area contributed by atoms with E-state index in [2.05, 4.69) is 37.3 Å². The molecule has 1 fully saturated rings. The molecule has 59 heavy (non-hydrogen) atoms. The van der Waals surface area contributed by atoms with Gasteiger partial charge in [-0.1, -0.05) is 54.6 Å². The number of esters is 1. The van der Waals surface area contributed by atoms with Gasteiger partial charge in [-0.25, -0.2) is 9.46 Å². The third-order valence-electron chi connectivity index (χ3n) is 10.1. The Bertz CT molecular complexity index is 1990. The number of carbonyl (C=O) groups is 1. The number of rotatable bonds is 21. The first-order valence-electron chi connectivity index (χ1n) is 19.9. The summed E-state index contributed by atoms with van der Waals surface area (Å²) in [5, 5.41) is 0. The zero-order valence-corrected chi connectivity index (χ0v) is 36.7. The molecule has 13 nitrogen and oxygen atoms in total. The van der Waals surface area contributed by atoms with Gasteiger partial charge in [-0.15, -0.1) is 11.6 Å². The number of nitrogens with zero attached hydrogens (tertiary/aromatic N) is 2. The highest BCUT2D eigenvalue weighted by atomic mass is 35.5. The van der Waals surface area contributed by atoms with Crippen LogP contribution < -0.4 is 20.7 Å². The van der Waals surface area contributed by atoms with Crippen molar-refractivity contribution in [2.24, 2.45) is 0 Å². The summed E-state index contributed by atoms with van der Waals surface area (Å²) in [6.07, 6.45) is -0.636. The first kappa shape index (κ1) is 46.0. The fourth-order valence-corrected chi connectivity index (χ4v) is 9.39. The number of aromatic amines is 1. The number of aryl methyl sites for hydroxylation is 1. The molecule has 1 N–H and O–H groups in total. The Labute approximate surface area is 352 Å². The highest BCUT2D eigenvalue weighted by Crippen LogP contribution is 2.52. The van der Waals surface area contributed by atoms with Crippen molar-refractivity contribution in [3.63, 3.8) is 0 Å². The first-order chi connectivity index (χ1) is 28.3. The van der Waals surface area contributed by atoms with Gasteiger partial charge in [-0.05, 0) is 88.4 Å². The monoisotopic (exact) mass is 853 g/mol. The van der Waals surface area contributed by atoms with E-state index < -0.39 is 55.9 Å². The van der Waals surface area contributed by atoms with Gasteiger partial charge >= 0.3 is 11.7 Å². The van der Waals surface area contributed by atoms with Gasteiger partial charge in [0, 0.05) is 43.1 Å². The van der Waals surface area contributed by atoms with Crippen LogP contribution in [0.3, 0.4) is 0 Å². The number of methoxy groups -OCH3 is 2. The van der Waals surface area contributed by atoms with E-state index in [0.717, 1.165) is 16.7 Å². The minimum atomic E-state index is -1.71. The van der Waals surface area contributed by atoms with Crippen LogP contribution in [0.4, 0.5) is 0 Å². The molecule has 320 valence electrons. The highest BCUT2D eigenvalue weighted by Gasteiger charge is 2.49. The molecule has 1 saturated heterocycles. The Morgan fingerprint density at radius 1 is 0.915 bits per heavy atom. The summed E-state index contributed by atoms with van der Waals surface area (Å²) in [5.74, 6) is 1.21. The normalized spacial score (nSPS) is 18.0. The molecule has 1 unspecified atom stereocenters. The second-order valence-corrected chi connectivity index (χ2v) is 16.7. The molecule has 1 aromatic heterocycles. The lowest BCUT2D eigenvalue weighted by atomic mass is 9.79. The number of hydrogen-bond acceptors (Lipinski definition) is 11. The summed E-state index contributed by atoms with van der Waals surface area (Å²) in [6.45, 7) is 11.7. The van der Waals surface area contributed by atoms with E-state index in [1.165, 1.54) is 17.7 Å². The number of ether oxygens (including phenoxy) is 5. The molecule has 1 aliphatic rings. The Kier molecular flexibility index (Phi) is 16.7. The van der Waals surface area contributed by atoms with Crippen molar-refractivity contribution in [2.75, 3.05) is 33.3 Å². The van der Waals surface area contributed by atoms with Gasteiger partial charge in [0.05, 0.1) is 39.6 Å². The highest BCUT2D eigenvalue weighted by molar-refractivity contribution is 7.44. The summed E-state index contributed by atoms with van der Waals surface area (Å²) >= 11 is 6.18. The largest absolute Gasteiger partial charge is 0.497 e. The smallest absolute Gasteiger partial charge is 0.330 e. The third-order valence-corrected chi connectivity index (χ3v) is 12.4. The summed E-state index contributed by atoms with van der Waals surface area (Å²) in [7, 11) is 1.53. The van der Waals surface area contributed by atoms with Crippen LogP contribution in [-0.4, -0.2) is 83.9 Å². The van der Waals surface area contributed by atoms with Crippen molar-refractivity contribution in [3.05, 3.63) is 128 Å². The molecule has 5 rings (SSSR count). The molecule has 0 saturated carbocycles. The van der Waals surface area contributed by atoms with Crippen molar-refractivity contribution in [1.29, 1.82) is 0 Å². The lowest BCUT2D eigenvalue weighted by Gasteiger charge is -2.42. The Hall–Kier alpha value is -4.07. The van der Waals surface area contributed by atoms with Crippen LogP contribution in [0.1, 0.15) is 82.4 Å². The Morgan fingerprint density at radius 3 is 2.02 bits per heavy atom. The molecule has 0 amide bonds. The number of alkyl halides is 1. The first-order valence-corrected chi connectivity index (χ1v) is 21.6. The minimum absolute atomic E-state index is 0.0455. The van der Waals surface area contributed by atoms with E-state index in [1.54, 1.807) is 21.1 Å². The summed E-state index contributed by atoms with van der Waals surface area (Å²) in [6, 6.07) is 25.5. The van der Waals surface area contributed by atoms with Crippen LogP contribution in [0.25, 0.3) is 0 Å². The minimum Gasteiger partial charge on any atom is -0.497 e. The molecule has 0 spiro atoms. The van der Waals surface area contributed by atoms with E-state index in [0.29, 0.717) is 29.9 Å². The van der Waals surface area contributed by atoms with Crippen molar-refractivity contribution in [3.8, 4) is 11.5 Å². The fourth-order valence-electron chi connectivity index (χ4n) is 7.47. The number of H-pyrrole nitrogens is 1. The van der Waals surface area contributed by atoms with E-state index in [1.807, 2.05) is 78.9 Å². The van der Waals surface area contributed by atoms with Crippen LogP contribution in [0.2, 0.25) is 0 Å². The molecular formula is C44H57ClN3O10P. The molecule has 1 aliphatic heterocycles. The van der Waals surface area contributed by atoms with Crippen molar-refractivity contribution in [1.82, 2.24) is 14.2 Å². The second kappa shape index (κ2) is 21.4. The van der Waals surface area contributed by atoms with Gasteiger partial charge in [0.25, 0.3) is 14.1 Å². The molecule has 0 aliphatic carbocycles. The van der Waals surface area contributed by atoms with Crippen molar-refractivity contribution < 1.29 is 37.5 Å². The summed E-state index contributed by atoms with van der Waals surface area (Å²) in [5.41, 5.74) is 0.441. The van der Waals surface area contributed by atoms with Crippen molar-refractivity contribution in [2.45, 2.75) is 103 Å². The maximum absolute atomic E-state index is 13.4. The zero-order chi connectivity index (χ0) is 42.7. The lowest BCUT2D eigenvalue weighted by Crippen LogP contribution is -2.45. The number of benzene rings is 3. The number of carbonyl (C=O) groups excluding carboxylic acids is 1. The van der Waals surface area contributed by atoms with Crippen LogP contribution >= 0.6 is 20.1 Å². The average molecular weight is 854 g/mol. The standard InChI is InChI=1S/C44H57ClN3O10P/c1-29(2)48(30(3)4)59(55-26-24-45)58-39-27-40(47-28-31(5)42(50)46-43(47)51)56-41(39)38(15-12-25-54-32(6)49)57-44(33-13-10-9-11-14-33,34-16-20-36(52-7)21-17-34)35-18-22-37(53-8)23-19-35/h9-11,13-14,16-23,28-30,38-41H,12,15,24-27H2,1-8H3,(H,46,50,51)/t38-,39+,40-,41-,59?/m1/s1. The van der Waals surface area contributed by atoms with E-state index in [-0.39, 0.29) is 37.6 Å². The lowest BCUT2D eigenvalue weighted by molar-refractivity contribution is -0.149. The molecule has 0 bridgehead atoms. The number of nitrogens with one attached hydrogen (secondary N) is 1. The molecule has 15 heteroatoms. The Balaban J connectivity index is 1.73. The molecular weight excluding hydrogens is 797 g/mol. The van der Waals surface area contributed by atoms with Gasteiger partial charge in [-0.3, -0.25) is 19.1 Å². The second-order valence-electron chi connectivity index (χ2n) is 14.9. The van der Waals surface area contributed by atoms with Gasteiger partial charge in [0.2, 0.25) is 0 Å². The number of aromatic nitrogens is 2. The predicted molar refractivity (Wildman–Crippen MR) is 228 cm³/mol. The molecule has 2 heterocycles. The molecule has 5 atom stereocenters. The molecule has 0 radical (unpaired) electrons. The summed E-state index contributed by atoms with van der Waals surface area (Å²) in [4.78, 5) is 40.3. The van der Waals surface area contributed by atoms with Crippen LogP contribution in [-0.2, 0) is 33.7 Å². The topological polar surface area (TPSA) is 140 Å². The maximum Gasteiger partial charge on any atom is 0.330 e. The van der Waals surface area contributed by atoms with Crippen LogP contribution in [0, 0.1) is 6.92 Å². The SMILES string of the molecule is COc1ccc(C(O[C@H](CCCOC(C)=O)[C@H]2O[C@@H](n3cc(C)c(=O)[nH]c3=O)C[C@@H]2OP(OCCCl)N(C(C)C)C(C)C)(c2ccccc2)c2ccc(OC)cc2)cc1. The molecule has 3 aromatic carbocycles. The Morgan fingerprint density at radius 2 is 1.49 bits per heavy atom. The van der Waals surface area contributed by atoms with Gasteiger partial charge in [-0.2, -0.15) is 0 Å². The third kappa shape index (κ3) is 11.2. The summed E-state index contributed by atoms with van der Waals surface area (Å²) < 4.78 is 48.3. The van der Waals surface area contributed by atoms with Crippen LogP contribution in [0.15, 0.2) is 94.6 Å². The average Bonchev–Trinajstić information content (AvgIpc) is 3.64. The predicted octanol–water partition coefficient (Wildman–Crippen LogP) is 7.86. The quantitative estimate of drug-likeness (QED) is 0.0288. The number of halogens is 1. The van der Waals surface area contributed by atoms with Gasteiger partial charge in [0.1, 0.15) is 29.4 Å². The van der Waals surface area contributed by atoms with Gasteiger partial charge < -0.3 is 32.7 Å². The van der Waals surface area contributed by atoms with E-state index in [4.69, 9.17) is 44.3 Å². The van der Waals surface area contributed by atoms with Gasteiger partial charge in [0.15, 0.2) is 0 Å². The zero-order valence-electron chi connectivity index (χ0n) is 35.1. The van der Waals surface area contributed by atoms with E-state index >= 15 is 0 Å². The fraction of sp³-hybridized carbons (Fsp3) is 0.477. The maximum atomic E-state index is 13.4. The number of hydrogen-bond donors (Lipinski definition) is 1. The molecule has 4 aromatic rings. The van der Waals surface area contributed by atoms with E-state index in [9.17, 15) is 14.4 Å².